The molecule has 78 valence electrons. The molecule has 1 aromatic carbocycles. The van der Waals surface area contributed by atoms with Crippen molar-refractivity contribution in [3.8, 4) is 0 Å². The average molecular weight is 191 g/mol. The van der Waals surface area contributed by atoms with Crippen LogP contribution in [0.3, 0.4) is 0 Å². The summed E-state index contributed by atoms with van der Waals surface area (Å²) in [4.78, 5) is 0. The minimum atomic E-state index is 0.468. The topological polar surface area (TPSA) is 17.3 Å². The van der Waals surface area contributed by atoms with E-state index in [1.54, 1.807) is 0 Å². The van der Waals surface area contributed by atoms with Crippen molar-refractivity contribution in [2.45, 2.75) is 26.8 Å². The Kier molecular flexibility index (Phi) is 3.96. The summed E-state index contributed by atoms with van der Waals surface area (Å²) in [6.07, 6.45) is 0. The maximum absolute atomic E-state index is 4.51. The molecular weight excluding hydrogens is 172 g/mol. The molecule has 0 aromatic heterocycles. The van der Waals surface area contributed by atoms with E-state index in [1.807, 2.05) is 42.4 Å². The van der Waals surface area contributed by atoms with Gasteiger partial charge in [0.05, 0.1) is 0 Å². The lowest BCUT2D eigenvalue weighted by molar-refractivity contribution is 0.268. The van der Waals surface area contributed by atoms with Gasteiger partial charge >= 0.3 is 0 Å². The second-order valence-corrected chi connectivity index (χ2v) is 3.99. The molecule has 0 saturated carbocycles. The Morgan fingerprint density at radius 2 is 1.64 bits per heavy atom. The third kappa shape index (κ3) is 3.04. The number of hydrogen-bond acceptors (Lipinski definition) is 1. The lowest BCUT2D eigenvalue weighted by Crippen LogP contribution is -2.29. The van der Waals surface area contributed by atoms with Gasteiger partial charge in [-0.05, 0) is 19.0 Å². The maximum atomic E-state index is 4.51. The van der Waals surface area contributed by atoms with Gasteiger partial charge < -0.3 is 10.4 Å². The summed E-state index contributed by atoms with van der Waals surface area (Å²) in [6.45, 7) is 6.61. The highest BCUT2D eigenvalue weighted by atomic mass is 15.5. The number of benzene rings is 1. The van der Waals surface area contributed by atoms with Crippen LogP contribution in [-0.4, -0.2) is 18.1 Å². The van der Waals surface area contributed by atoms with E-state index in [2.05, 4.69) is 26.2 Å². The van der Waals surface area contributed by atoms with Gasteiger partial charge in [0.1, 0.15) is 0 Å². The predicted molar refractivity (Wildman–Crippen MR) is 61.5 cm³/mol. The highest BCUT2D eigenvalue weighted by molar-refractivity contribution is 5.46. The molecule has 0 bridgehead atoms. The molecule has 1 atom stereocenters. The summed E-state index contributed by atoms with van der Waals surface area (Å²) in [5.41, 5.74) is 5.53. The summed E-state index contributed by atoms with van der Waals surface area (Å²) in [5, 5.41) is 2.03. The Morgan fingerprint density at radius 1 is 1.07 bits per heavy atom. The molecule has 14 heavy (non-hydrogen) atoms. The van der Waals surface area contributed by atoms with Crippen molar-refractivity contribution in [3.63, 3.8) is 0 Å². The number of rotatable bonds is 4. The summed E-state index contributed by atoms with van der Waals surface area (Å²) >= 11 is 0. The normalized spacial score (nSPS) is 13.3. The molecule has 1 rings (SSSR count). The van der Waals surface area contributed by atoms with E-state index in [1.165, 1.54) is 0 Å². The Balaban J connectivity index is 2.53. The highest BCUT2D eigenvalue weighted by Gasteiger charge is 2.05. The van der Waals surface area contributed by atoms with Crippen molar-refractivity contribution < 1.29 is 0 Å². The molecular formula is C12H19N2-. The summed E-state index contributed by atoms with van der Waals surface area (Å²) in [7, 11) is 2.03. The first-order chi connectivity index (χ1) is 6.61. The Hall–Kier alpha value is -1.02. The van der Waals surface area contributed by atoms with Crippen molar-refractivity contribution in [1.82, 2.24) is 5.01 Å². The fourth-order valence-electron chi connectivity index (χ4n) is 1.20. The molecule has 0 aliphatic carbocycles. The molecule has 0 amide bonds. The van der Waals surface area contributed by atoms with Crippen molar-refractivity contribution in [2.24, 2.45) is 5.92 Å². The molecule has 0 aliphatic rings. The Bertz CT molecular complexity index is 256. The first-order valence-electron chi connectivity index (χ1n) is 5.11. The van der Waals surface area contributed by atoms with Gasteiger partial charge in [-0.25, -0.2) is 0 Å². The van der Waals surface area contributed by atoms with Crippen molar-refractivity contribution in [1.29, 1.82) is 0 Å². The van der Waals surface area contributed by atoms with E-state index < -0.39 is 0 Å². The third-order valence-electron chi connectivity index (χ3n) is 2.58. The molecule has 0 fully saturated rings. The third-order valence-corrected chi connectivity index (χ3v) is 2.58. The molecule has 2 nitrogen and oxygen atoms in total. The molecule has 0 heterocycles. The van der Waals surface area contributed by atoms with Crippen LogP contribution in [0.25, 0.3) is 5.43 Å². The van der Waals surface area contributed by atoms with Crippen molar-refractivity contribution >= 4 is 5.69 Å². The Labute approximate surface area is 86.9 Å². The van der Waals surface area contributed by atoms with Crippen LogP contribution >= 0.6 is 0 Å². The minimum Gasteiger partial charge on any atom is -0.620 e. The zero-order valence-corrected chi connectivity index (χ0v) is 9.44. The fourth-order valence-corrected chi connectivity index (χ4v) is 1.20. The lowest BCUT2D eigenvalue weighted by atomic mass is 10.1. The van der Waals surface area contributed by atoms with Gasteiger partial charge in [-0.3, -0.25) is 0 Å². The fraction of sp³-hybridized carbons (Fsp3) is 0.500. The number of hydrogen-bond donors (Lipinski definition) is 0. The summed E-state index contributed by atoms with van der Waals surface area (Å²) in [5.74, 6) is 0.618. The van der Waals surface area contributed by atoms with Crippen LogP contribution in [-0.2, 0) is 0 Å². The van der Waals surface area contributed by atoms with E-state index in [9.17, 15) is 0 Å². The van der Waals surface area contributed by atoms with Crippen LogP contribution in [0.2, 0.25) is 0 Å². The molecule has 0 aliphatic heterocycles. The van der Waals surface area contributed by atoms with Gasteiger partial charge in [-0.1, -0.05) is 51.1 Å². The molecule has 0 N–H and O–H groups in total. The monoisotopic (exact) mass is 191 g/mol. The van der Waals surface area contributed by atoms with E-state index in [0.29, 0.717) is 12.0 Å². The van der Waals surface area contributed by atoms with E-state index in [4.69, 9.17) is 0 Å². The van der Waals surface area contributed by atoms with Crippen molar-refractivity contribution in [2.75, 3.05) is 7.05 Å². The molecule has 0 radical (unpaired) electrons. The zero-order chi connectivity index (χ0) is 10.6. The van der Waals surface area contributed by atoms with Gasteiger partial charge in [0.2, 0.25) is 0 Å². The molecule has 0 unspecified atom stereocenters. The van der Waals surface area contributed by atoms with Gasteiger partial charge in [0.15, 0.2) is 0 Å². The smallest absolute Gasteiger partial charge is 0.00534 e. The zero-order valence-electron chi connectivity index (χ0n) is 9.44. The van der Waals surface area contributed by atoms with Crippen LogP contribution in [0.4, 0.5) is 5.69 Å². The highest BCUT2D eigenvalue weighted by Crippen LogP contribution is 2.22. The van der Waals surface area contributed by atoms with Gasteiger partial charge in [-0.15, -0.1) is 5.69 Å². The molecule has 1 aromatic rings. The van der Waals surface area contributed by atoms with Crippen LogP contribution in [0.1, 0.15) is 20.8 Å². The van der Waals surface area contributed by atoms with E-state index in [-0.39, 0.29) is 0 Å². The largest absolute Gasteiger partial charge is 0.620 e. The Morgan fingerprint density at radius 3 is 2.14 bits per heavy atom. The minimum absolute atomic E-state index is 0.468. The molecule has 0 saturated heterocycles. The standard InChI is InChI=1S/C12H19N2/c1-10(2)11(3)14(4)13-12-8-6-5-7-9-12/h5-11H,1-4H3/q-1/t11-/m0/s1. The molecule has 2 heteroatoms. The number of nitrogens with zero attached hydrogens (tertiary/aromatic N) is 2. The first kappa shape index (κ1) is 11.1. The summed E-state index contributed by atoms with van der Waals surface area (Å²) in [6, 6.07) is 10.5. The quantitative estimate of drug-likeness (QED) is 0.665. The van der Waals surface area contributed by atoms with Crippen LogP contribution in [0.15, 0.2) is 30.3 Å². The van der Waals surface area contributed by atoms with Gasteiger partial charge in [0, 0.05) is 0 Å². The van der Waals surface area contributed by atoms with Gasteiger partial charge in [0.25, 0.3) is 0 Å². The predicted octanol–water partition coefficient (Wildman–Crippen LogP) is 3.58. The second kappa shape index (κ2) is 5.01. The van der Waals surface area contributed by atoms with Crippen LogP contribution in [0.5, 0.6) is 0 Å². The molecule has 0 spiro atoms. The second-order valence-electron chi connectivity index (χ2n) is 3.99. The van der Waals surface area contributed by atoms with E-state index in [0.717, 1.165) is 5.69 Å². The SMILES string of the molecule is CC(C)[C@H](C)N(C)[N-]c1ccccc1. The van der Waals surface area contributed by atoms with Gasteiger partial charge in [-0.2, -0.15) is 0 Å². The van der Waals surface area contributed by atoms with Crippen LogP contribution in [0, 0.1) is 5.92 Å². The van der Waals surface area contributed by atoms with E-state index >= 15 is 0 Å². The van der Waals surface area contributed by atoms with Crippen molar-refractivity contribution in [3.05, 3.63) is 35.8 Å². The average Bonchev–Trinajstić information content (AvgIpc) is 2.18. The first-order valence-corrected chi connectivity index (χ1v) is 5.11. The lowest BCUT2D eigenvalue weighted by Gasteiger charge is -2.41. The maximum Gasteiger partial charge on any atom is -0.00534 e. The summed E-state index contributed by atoms with van der Waals surface area (Å²) < 4.78 is 0. The van der Waals surface area contributed by atoms with Crippen LogP contribution < -0.4 is 0 Å².